The van der Waals surface area contributed by atoms with Gasteiger partial charge >= 0.3 is 5.97 Å². The Morgan fingerprint density at radius 2 is 1.85 bits per heavy atom. The Hall–Kier alpha value is -2.80. The van der Waals surface area contributed by atoms with E-state index in [9.17, 15) is 9.59 Å². The van der Waals surface area contributed by atoms with Gasteiger partial charge < -0.3 is 23.8 Å². The lowest BCUT2D eigenvalue weighted by molar-refractivity contribution is -0.138. The monoisotopic (exact) mass is 375 g/mol. The number of amides is 1. The minimum atomic E-state index is -0.519. The Kier molecular flexibility index (Phi) is 7.01. The first-order valence-corrected chi connectivity index (χ1v) is 8.61. The van der Waals surface area contributed by atoms with Crippen LogP contribution in [0.25, 0.3) is 6.08 Å². The molecule has 1 aromatic carbocycles. The minimum absolute atomic E-state index is 0.228. The van der Waals surface area contributed by atoms with Gasteiger partial charge in [-0.05, 0) is 37.6 Å². The second-order valence-electron chi connectivity index (χ2n) is 5.80. The molecule has 0 unspecified atom stereocenters. The summed E-state index contributed by atoms with van der Waals surface area (Å²) in [7, 11) is 4.65. The number of methoxy groups -OCH3 is 3. The second kappa shape index (κ2) is 9.23. The first kappa shape index (κ1) is 20.5. The van der Waals surface area contributed by atoms with Crippen molar-refractivity contribution in [3.8, 4) is 11.5 Å². The van der Waals surface area contributed by atoms with Crippen molar-refractivity contribution in [1.82, 2.24) is 4.90 Å². The van der Waals surface area contributed by atoms with E-state index in [0.717, 1.165) is 0 Å². The highest BCUT2D eigenvalue weighted by Crippen LogP contribution is 2.33. The predicted octanol–water partition coefficient (Wildman–Crippen LogP) is 2.41. The second-order valence-corrected chi connectivity index (χ2v) is 5.80. The van der Waals surface area contributed by atoms with Crippen LogP contribution in [-0.4, -0.2) is 57.9 Å². The van der Waals surface area contributed by atoms with Crippen molar-refractivity contribution in [1.29, 1.82) is 0 Å². The summed E-state index contributed by atoms with van der Waals surface area (Å²) in [6.07, 6.45) is 1.66. The first-order chi connectivity index (χ1) is 13.0. The molecule has 0 radical (unpaired) electrons. The fourth-order valence-electron chi connectivity index (χ4n) is 2.89. The maximum absolute atomic E-state index is 12.9. The van der Waals surface area contributed by atoms with E-state index in [2.05, 4.69) is 0 Å². The molecule has 2 rings (SSSR count). The summed E-state index contributed by atoms with van der Waals surface area (Å²) < 4.78 is 20.8. The van der Waals surface area contributed by atoms with Gasteiger partial charge in [-0.3, -0.25) is 4.79 Å². The molecule has 27 heavy (non-hydrogen) atoms. The quantitative estimate of drug-likeness (QED) is 0.513. The number of carbonyl (C=O) groups excluding carboxylic acids is 2. The highest BCUT2D eigenvalue weighted by Gasteiger charge is 2.36. The molecular formula is C20H25NO6. The SMILES string of the molecule is CCOC(=O)C1=C(C)N(CCOC)C(=O)/C1=C/c1ccc(OC)c(OC)c1. The van der Waals surface area contributed by atoms with Crippen molar-refractivity contribution in [3.05, 3.63) is 40.6 Å². The van der Waals surface area contributed by atoms with Gasteiger partial charge in [0, 0.05) is 19.4 Å². The van der Waals surface area contributed by atoms with E-state index in [1.807, 2.05) is 0 Å². The summed E-state index contributed by atoms with van der Waals surface area (Å²) in [5.74, 6) is 0.334. The zero-order chi connectivity index (χ0) is 20.0. The van der Waals surface area contributed by atoms with E-state index in [1.54, 1.807) is 52.3 Å². The number of benzene rings is 1. The fourth-order valence-corrected chi connectivity index (χ4v) is 2.89. The molecule has 1 amide bonds. The first-order valence-electron chi connectivity index (χ1n) is 8.61. The van der Waals surface area contributed by atoms with Crippen LogP contribution in [0.5, 0.6) is 11.5 Å². The van der Waals surface area contributed by atoms with Crippen LogP contribution in [0.4, 0.5) is 0 Å². The van der Waals surface area contributed by atoms with Gasteiger partial charge in [0.1, 0.15) is 0 Å². The molecule has 1 heterocycles. The molecule has 0 aliphatic carbocycles. The van der Waals surface area contributed by atoms with Crippen molar-refractivity contribution in [2.75, 3.05) is 41.1 Å². The molecular weight excluding hydrogens is 350 g/mol. The van der Waals surface area contributed by atoms with Crippen LogP contribution >= 0.6 is 0 Å². The highest BCUT2D eigenvalue weighted by atomic mass is 16.5. The Morgan fingerprint density at radius 3 is 2.44 bits per heavy atom. The summed E-state index contributed by atoms with van der Waals surface area (Å²) in [6.45, 7) is 4.40. The Bertz CT molecular complexity index is 781. The van der Waals surface area contributed by atoms with Crippen LogP contribution in [0, 0.1) is 0 Å². The van der Waals surface area contributed by atoms with Gasteiger partial charge in [0.15, 0.2) is 11.5 Å². The van der Waals surface area contributed by atoms with E-state index >= 15 is 0 Å². The molecule has 0 bridgehead atoms. The Labute approximate surface area is 159 Å². The Balaban J connectivity index is 2.49. The summed E-state index contributed by atoms with van der Waals surface area (Å²) >= 11 is 0. The van der Waals surface area contributed by atoms with Crippen molar-refractivity contribution in [2.24, 2.45) is 0 Å². The Morgan fingerprint density at radius 1 is 1.15 bits per heavy atom. The summed E-state index contributed by atoms with van der Waals surface area (Å²) in [5.41, 5.74) is 1.82. The summed E-state index contributed by atoms with van der Waals surface area (Å²) in [5, 5.41) is 0. The largest absolute Gasteiger partial charge is 0.493 e. The molecule has 0 saturated carbocycles. The third-order valence-corrected chi connectivity index (χ3v) is 4.23. The van der Waals surface area contributed by atoms with Crippen molar-refractivity contribution < 1.29 is 28.5 Å². The fraction of sp³-hybridized carbons (Fsp3) is 0.400. The van der Waals surface area contributed by atoms with Crippen LogP contribution < -0.4 is 9.47 Å². The third kappa shape index (κ3) is 4.31. The molecule has 0 saturated heterocycles. The van der Waals surface area contributed by atoms with E-state index in [1.165, 1.54) is 12.0 Å². The number of hydrogen-bond donors (Lipinski definition) is 0. The molecule has 0 fully saturated rings. The van der Waals surface area contributed by atoms with Gasteiger partial charge in [0.05, 0.1) is 38.6 Å². The van der Waals surface area contributed by atoms with Crippen LogP contribution in [0.15, 0.2) is 35.0 Å². The average molecular weight is 375 g/mol. The minimum Gasteiger partial charge on any atom is -0.493 e. The molecule has 146 valence electrons. The molecule has 1 aliphatic rings. The number of ether oxygens (including phenoxy) is 4. The zero-order valence-corrected chi connectivity index (χ0v) is 16.3. The van der Waals surface area contributed by atoms with Gasteiger partial charge in [0.2, 0.25) is 0 Å². The zero-order valence-electron chi connectivity index (χ0n) is 16.3. The van der Waals surface area contributed by atoms with Crippen LogP contribution in [0.1, 0.15) is 19.4 Å². The molecule has 1 aliphatic heterocycles. The molecule has 0 atom stereocenters. The average Bonchev–Trinajstić information content (AvgIpc) is 2.89. The van der Waals surface area contributed by atoms with Gasteiger partial charge in [-0.15, -0.1) is 0 Å². The molecule has 7 heteroatoms. The van der Waals surface area contributed by atoms with Gasteiger partial charge in [-0.25, -0.2) is 4.79 Å². The molecule has 7 nitrogen and oxygen atoms in total. The number of esters is 1. The lowest BCUT2D eigenvalue weighted by atomic mass is 10.0. The highest BCUT2D eigenvalue weighted by molar-refractivity contribution is 6.16. The lowest BCUT2D eigenvalue weighted by Crippen LogP contribution is -2.28. The number of rotatable bonds is 8. The smallest absolute Gasteiger partial charge is 0.340 e. The van der Waals surface area contributed by atoms with Crippen LogP contribution in [0.2, 0.25) is 0 Å². The van der Waals surface area contributed by atoms with Crippen molar-refractivity contribution in [2.45, 2.75) is 13.8 Å². The van der Waals surface area contributed by atoms with E-state index in [0.29, 0.717) is 35.9 Å². The maximum atomic E-state index is 12.9. The van der Waals surface area contributed by atoms with E-state index < -0.39 is 5.97 Å². The maximum Gasteiger partial charge on any atom is 0.340 e. The molecule has 0 aromatic heterocycles. The number of carbonyl (C=O) groups is 2. The molecule has 0 N–H and O–H groups in total. The predicted molar refractivity (Wildman–Crippen MR) is 100 cm³/mol. The number of hydrogen-bond acceptors (Lipinski definition) is 6. The van der Waals surface area contributed by atoms with E-state index in [4.69, 9.17) is 18.9 Å². The van der Waals surface area contributed by atoms with Gasteiger partial charge in [-0.2, -0.15) is 0 Å². The summed E-state index contributed by atoms with van der Waals surface area (Å²) in [6, 6.07) is 5.28. The number of nitrogens with zero attached hydrogens (tertiary/aromatic N) is 1. The van der Waals surface area contributed by atoms with E-state index in [-0.39, 0.29) is 23.7 Å². The third-order valence-electron chi connectivity index (χ3n) is 4.23. The summed E-state index contributed by atoms with van der Waals surface area (Å²) in [4.78, 5) is 26.9. The normalized spacial score (nSPS) is 15.5. The van der Waals surface area contributed by atoms with Crippen molar-refractivity contribution in [3.63, 3.8) is 0 Å². The lowest BCUT2D eigenvalue weighted by Gasteiger charge is -2.16. The number of allylic oxidation sites excluding steroid dienone is 1. The van der Waals surface area contributed by atoms with Gasteiger partial charge in [-0.1, -0.05) is 6.07 Å². The molecule has 1 aromatic rings. The topological polar surface area (TPSA) is 74.3 Å². The van der Waals surface area contributed by atoms with Crippen molar-refractivity contribution >= 4 is 18.0 Å². The van der Waals surface area contributed by atoms with Crippen LogP contribution in [0.3, 0.4) is 0 Å². The standard InChI is InChI=1S/C20H25NO6/c1-6-27-20(23)18-13(2)21(9-10-24-3)19(22)15(18)11-14-7-8-16(25-4)17(12-14)26-5/h7-8,11-12H,6,9-10H2,1-5H3/b15-11+. The molecule has 0 spiro atoms. The van der Waals surface area contributed by atoms with Gasteiger partial charge in [0.25, 0.3) is 5.91 Å². The van der Waals surface area contributed by atoms with Crippen LogP contribution in [-0.2, 0) is 19.1 Å².